The van der Waals surface area contributed by atoms with E-state index in [1.165, 1.54) is 0 Å². The smallest absolute Gasteiger partial charge is 0.240 e. The monoisotopic (exact) mass is 449 g/mol. The highest BCUT2D eigenvalue weighted by atomic mass is 32.2. The highest BCUT2D eigenvalue weighted by Gasteiger charge is 2.43. The molecule has 2 atom stereocenters. The van der Waals surface area contributed by atoms with Crippen LogP contribution in [0.4, 0.5) is 14.5 Å². The fraction of sp³-hybridized carbons (Fsp3) is 0.667. The lowest BCUT2D eigenvalue weighted by Crippen LogP contribution is -2.38. The molecule has 1 spiro atoms. The van der Waals surface area contributed by atoms with Crippen LogP contribution in [-0.2, 0) is 24.2 Å². The molecule has 0 aromatic heterocycles. The van der Waals surface area contributed by atoms with E-state index in [1.807, 2.05) is 4.90 Å². The van der Waals surface area contributed by atoms with Gasteiger partial charge in [-0.25, -0.2) is 21.9 Å². The number of sulfonamides is 1. The average Bonchev–Trinajstić information content (AvgIpc) is 3.42. The Kier molecular flexibility index (Phi) is 6.26. The highest BCUT2D eigenvalue weighted by molar-refractivity contribution is 7.89. The van der Waals surface area contributed by atoms with Crippen molar-refractivity contribution in [1.82, 2.24) is 9.62 Å². The van der Waals surface area contributed by atoms with Crippen LogP contribution in [0.1, 0.15) is 6.42 Å². The van der Waals surface area contributed by atoms with E-state index in [0.29, 0.717) is 39.3 Å². The molecule has 3 saturated heterocycles. The third-order valence-corrected chi connectivity index (χ3v) is 6.95. The van der Waals surface area contributed by atoms with Crippen LogP contribution in [0.2, 0.25) is 0 Å². The maximum Gasteiger partial charge on any atom is 0.240 e. The second-order valence-electron chi connectivity index (χ2n) is 7.65. The van der Waals surface area contributed by atoms with Gasteiger partial charge in [-0.15, -0.1) is 0 Å². The van der Waals surface area contributed by atoms with Crippen LogP contribution in [0, 0.1) is 11.6 Å². The summed E-state index contributed by atoms with van der Waals surface area (Å²) in [6.07, 6.45) is -0.190. The van der Waals surface area contributed by atoms with Crippen LogP contribution < -0.4 is 10.0 Å². The molecule has 1 aromatic carbocycles. The van der Waals surface area contributed by atoms with Gasteiger partial charge in [0.1, 0.15) is 5.69 Å². The van der Waals surface area contributed by atoms with Crippen molar-refractivity contribution in [3.63, 3.8) is 0 Å². The van der Waals surface area contributed by atoms with Crippen LogP contribution in [0.15, 0.2) is 17.0 Å². The topological polar surface area (TPSA) is 109 Å². The van der Waals surface area contributed by atoms with Crippen LogP contribution >= 0.6 is 0 Å². The van der Waals surface area contributed by atoms with E-state index in [0.717, 1.165) is 12.1 Å². The Hall–Kier alpha value is -1.41. The summed E-state index contributed by atoms with van der Waals surface area (Å²) in [7, 11) is -4.10. The van der Waals surface area contributed by atoms with E-state index >= 15 is 0 Å². The Balaban J connectivity index is 1.35. The fourth-order valence-electron chi connectivity index (χ4n) is 3.88. The number of aliphatic hydroxyl groups excluding tert-OH is 1. The molecular weight excluding hydrogens is 424 g/mol. The first-order valence-electron chi connectivity index (χ1n) is 9.79. The van der Waals surface area contributed by atoms with Crippen molar-refractivity contribution >= 4 is 15.7 Å². The van der Waals surface area contributed by atoms with Gasteiger partial charge in [0.15, 0.2) is 17.4 Å². The van der Waals surface area contributed by atoms with Crippen molar-refractivity contribution in [1.29, 1.82) is 0 Å². The number of nitrogens with zero attached hydrogens (tertiary/aromatic N) is 1. The van der Waals surface area contributed by atoms with Crippen molar-refractivity contribution in [3.8, 4) is 0 Å². The quantitative estimate of drug-likeness (QED) is 0.528. The van der Waals surface area contributed by atoms with Gasteiger partial charge in [-0.1, -0.05) is 0 Å². The molecule has 4 rings (SSSR count). The highest BCUT2D eigenvalue weighted by Crippen LogP contribution is 2.30. The summed E-state index contributed by atoms with van der Waals surface area (Å²) in [6.45, 7) is 3.01. The molecule has 168 valence electrons. The van der Waals surface area contributed by atoms with Gasteiger partial charge in [0, 0.05) is 26.1 Å². The first-order valence-corrected chi connectivity index (χ1v) is 11.3. The molecule has 1 aromatic rings. The summed E-state index contributed by atoms with van der Waals surface area (Å²) in [5.41, 5.74) is -0.498. The Labute approximate surface area is 173 Å². The molecule has 3 aliphatic rings. The number of nitrogens with one attached hydrogen (secondary N) is 2. The SMILES string of the molecule is O=S(=O)(NCCN1CCC2(C1)OCCO2)c1cc(F)c(N[C@H]2COC[C@H]2O)c(F)c1. The van der Waals surface area contributed by atoms with Gasteiger partial charge in [0.2, 0.25) is 10.0 Å². The molecule has 3 N–H and O–H groups in total. The lowest BCUT2D eigenvalue weighted by atomic mass is 10.2. The predicted octanol–water partition coefficient (Wildman–Crippen LogP) is -0.136. The number of aliphatic hydroxyl groups is 1. The zero-order valence-electron chi connectivity index (χ0n) is 16.3. The van der Waals surface area contributed by atoms with Gasteiger partial charge in [0.05, 0.1) is 50.0 Å². The Morgan fingerprint density at radius 1 is 1.20 bits per heavy atom. The number of halogens is 2. The third kappa shape index (κ3) is 4.59. The molecule has 30 heavy (non-hydrogen) atoms. The zero-order valence-corrected chi connectivity index (χ0v) is 17.1. The normalized spacial score (nSPS) is 26.6. The molecule has 9 nitrogen and oxygen atoms in total. The minimum Gasteiger partial charge on any atom is -0.388 e. The Bertz CT molecular complexity index is 858. The number of benzene rings is 1. The number of likely N-dealkylation sites (tertiary alicyclic amines) is 1. The molecule has 0 bridgehead atoms. The van der Waals surface area contributed by atoms with Crippen LogP contribution in [0.25, 0.3) is 0 Å². The minimum atomic E-state index is -4.10. The maximum absolute atomic E-state index is 14.4. The van der Waals surface area contributed by atoms with Gasteiger partial charge < -0.3 is 24.6 Å². The van der Waals surface area contributed by atoms with Crippen molar-refractivity contribution in [2.24, 2.45) is 0 Å². The van der Waals surface area contributed by atoms with Crippen molar-refractivity contribution < 1.29 is 36.5 Å². The summed E-state index contributed by atoms with van der Waals surface area (Å²) in [6, 6.07) is 0.827. The van der Waals surface area contributed by atoms with Crippen molar-refractivity contribution in [3.05, 3.63) is 23.8 Å². The first-order chi connectivity index (χ1) is 14.3. The lowest BCUT2D eigenvalue weighted by Gasteiger charge is -2.22. The standard InChI is InChI=1S/C18H25F2N3O6S/c19-13-7-12(8-14(20)17(13)22-15-9-27-10-16(15)24)30(25,26)21-2-4-23-3-1-18(11-23)28-5-6-29-18/h7-8,15-16,21-22,24H,1-6,9-11H2/t15-,16+/m0/s1. The molecule has 12 heteroatoms. The largest absolute Gasteiger partial charge is 0.388 e. The molecule has 3 fully saturated rings. The van der Waals surface area contributed by atoms with E-state index in [-0.39, 0.29) is 19.8 Å². The fourth-order valence-corrected chi connectivity index (χ4v) is 4.93. The maximum atomic E-state index is 14.4. The Morgan fingerprint density at radius 3 is 2.53 bits per heavy atom. The van der Waals surface area contributed by atoms with Gasteiger partial charge in [-0.2, -0.15) is 0 Å². The first kappa shape index (κ1) is 21.8. The second-order valence-corrected chi connectivity index (χ2v) is 9.42. The van der Waals surface area contributed by atoms with Crippen LogP contribution in [-0.4, -0.2) is 89.0 Å². The number of hydrogen-bond donors (Lipinski definition) is 3. The third-order valence-electron chi connectivity index (χ3n) is 5.51. The number of rotatable bonds is 7. The molecule has 0 amide bonds. The molecule has 3 heterocycles. The van der Waals surface area contributed by atoms with Gasteiger partial charge in [-0.3, -0.25) is 4.90 Å². The molecule has 0 radical (unpaired) electrons. The van der Waals surface area contributed by atoms with E-state index in [9.17, 15) is 22.3 Å². The number of ether oxygens (including phenoxy) is 3. The van der Waals surface area contributed by atoms with Gasteiger partial charge >= 0.3 is 0 Å². The van der Waals surface area contributed by atoms with Crippen LogP contribution in [0.5, 0.6) is 0 Å². The van der Waals surface area contributed by atoms with Gasteiger partial charge in [-0.05, 0) is 12.1 Å². The molecule has 0 aliphatic carbocycles. The zero-order chi connectivity index (χ0) is 21.4. The van der Waals surface area contributed by atoms with Gasteiger partial charge in [0.25, 0.3) is 0 Å². The Morgan fingerprint density at radius 2 is 1.90 bits per heavy atom. The molecule has 3 aliphatic heterocycles. The summed E-state index contributed by atoms with van der Waals surface area (Å²) in [5.74, 6) is -2.72. The molecule has 0 unspecified atom stereocenters. The van der Waals surface area contributed by atoms with E-state index < -0.39 is 50.2 Å². The predicted molar refractivity (Wildman–Crippen MR) is 101 cm³/mol. The lowest BCUT2D eigenvalue weighted by molar-refractivity contribution is -0.145. The summed E-state index contributed by atoms with van der Waals surface area (Å²) in [5, 5.41) is 12.3. The summed E-state index contributed by atoms with van der Waals surface area (Å²) in [4.78, 5) is 1.50. The molecule has 0 saturated carbocycles. The van der Waals surface area contributed by atoms with Crippen molar-refractivity contribution in [2.75, 3.05) is 57.9 Å². The van der Waals surface area contributed by atoms with E-state index in [4.69, 9.17) is 14.2 Å². The van der Waals surface area contributed by atoms with Crippen LogP contribution in [0.3, 0.4) is 0 Å². The van der Waals surface area contributed by atoms with E-state index in [1.54, 1.807) is 0 Å². The second kappa shape index (κ2) is 8.61. The number of hydrogen-bond acceptors (Lipinski definition) is 8. The van der Waals surface area contributed by atoms with E-state index in [2.05, 4.69) is 10.0 Å². The summed E-state index contributed by atoms with van der Waals surface area (Å²) < 4.78 is 72.4. The molecular formula is C18H25F2N3O6S. The minimum absolute atomic E-state index is 0.0632. The summed E-state index contributed by atoms with van der Waals surface area (Å²) >= 11 is 0. The van der Waals surface area contributed by atoms with Crippen molar-refractivity contribution in [2.45, 2.75) is 29.2 Å². The number of anilines is 1. The average molecular weight is 449 g/mol.